The highest BCUT2D eigenvalue weighted by molar-refractivity contribution is 5.86. The number of esters is 1. The van der Waals surface area contributed by atoms with E-state index in [1.54, 1.807) is 0 Å². The van der Waals surface area contributed by atoms with Gasteiger partial charge in [-0.3, -0.25) is 4.98 Å². The van der Waals surface area contributed by atoms with E-state index < -0.39 is 5.97 Å². The van der Waals surface area contributed by atoms with Gasteiger partial charge in [-0.05, 0) is 12.8 Å². The van der Waals surface area contributed by atoms with Crippen molar-refractivity contribution in [1.29, 1.82) is 0 Å². The number of hydrogen-bond acceptors (Lipinski definition) is 6. The first kappa shape index (κ1) is 14.4. The fourth-order valence-electron chi connectivity index (χ4n) is 1.29. The van der Waals surface area contributed by atoms with Gasteiger partial charge in [-0.25, -0.2) is 9.78 Å². The molecule has 0 radical (unpaired) electrons. The molecule has 0 spiro atoms. The molecule has 6 heteroatoms. The van der Waals surface area contributed by atoms with Crippen LogP contribution in [0.25, 0.3) is 0 Å². The van der Waals surface area contributed by atoms with Crippen LogP contribution in [-0.4, -0.2) is 35.2 Å². The van der Waals surface area contributed by atoms with Crippen molar-refractivity contribution in [2.24, 2.45) is 5.73 Å². The van der Waals surface area contributed by atoms with E-state index in [9.17, 15) is 4.79 Å². The maximum absolute atomic E-state index is 11.3. The molecule has 0 aliphatic carbocycles. The summed E-state index contributed by atoms with van der Waals surface area (Å²) in [6, 6.07) is 0. The van der Waals surface area contributed by atoms with E-state index in [-0.39, 0.29) is 17.1 Å². The summed E-state index contributed by atoms with van der Waals surface area (Å²) in [4.78, 5) is 19.2. The van der Waals surface area contributed by atoms with Gasteiger partial charge in [-0.1, -0.05) is 13.8 Å². The van der Waals surface area contributed by atoms with E-state index in [2.05, 4.69) is 14.7 Å². The number of ether oxygens (including phenoxy) is 2. The predicted octanol–water partition coefficient (Wildman–Crippen LogP) is 1.16. The van der Waals surface area contributed by atoms with Crippen LogP contribution in [0.1, 0.15) is 37.2 Å². The number of nitrogens with zero attached hydrogens (tertiary/aromatic N) is 2. The molecule has 100 valence electrons. The maximum atomic E-state index is 11.3. The molecule has 0 amide bonds. The summed E-state index contributed by atoms with van der Waals surface area (Å²) in [5.41, 5.74) is 5.83. The summed E-state index contributed by atoms with van der Waals surface area (Å²) in [5, 5.41) is 0. The predicted molar refractivity (Wildman–Crippen MR) is 66.4 cm³/mol. The number of hydrogen-bond donors (Lipinski definition) is 1. The minimum absolute atomic E-state index is 0.116. The Kier molecular flexibility index (Phi) is 5.03. The molecule has 6 nitrogen and oxygen atoms in total. The second-order valence-electron chi connectivity index (χ2n) is 4.09. The lowest BCUT2D eigenvalue weighted by Crippen LogP contribution is -2.44. The van der Waals surface area contributed by atoms with E-state index in [4.69, 9.17) is 10.5 Å². The number of nitrogens with two attached hydrogens (primary N) is 1. The molecule has 1 aromatic rings. The largest absolute Gasteiger partial charge is 0.475 e. The van der Waals surface area contributed by atoms with Crippen LogP contribution in [0.4, 0.5) is 0 Å². The minimum Gasteiger partial charge on any atom is -0.475 e. The van der Waals surface area contributed by atoms with Crippen LogP contribution in [-0.2, 0) is 4.74 Å². The van der Waals surface area contributed by atoms with Gasteiger partial charge in [0, 0.05) is 5.54 Å². The number of aromatic nitrogens is 2. The Labute approximate surface area is 107 Å². The van der Waals surface area contributed by atoms with Crippen LogP contribution < -0.4 is 10.5 Å². The molecule has 2 N–H and O–H groups in total. The molecule has 1 rings (SSSR count). The highest BCUT2D eigenvalue weighted by Gasteiger charge is 2.21. The second-order valence-corrected chi connectivity index (χ2v) is 4.09. The third-order valence-electron chi connectivity index (χ3n) is 2.92. The summed E-state index contributed by atoms with van der Waals surface area (Å²) in [6.45, 7) is 4.34. The maximum Gasteiger partial charge on any atom is 0.358 e. The monoisotopic (exact) mass is 253 g/mol. The molecule has 0 fully saturated rings. The normalized spacial score (nSPS) is 11.1. The van der Waals surface area contributed by atoms with Gasteiger partial charge in [0.05, 0.1) is 19.5 Å². The van der Waals surface area contributed by atoms with E-state index in [1.165, 1.54) is 19.5 Å². The molecule has 0 saturated carbocycles. The molecule has 0 saturated heterocycles. The zero-order valence-electron chi connectivity index (χ0n) is 11.0. The van der Waals surface area contributed by atoms with Crippen LogP contribution in [0.15, 0.2) is 12.4 Å². The highest BCUT2D eigenvalue weighted by atomic mass is 16.5. The number of rotatable bonds is 6. The summed E-state index contributed by atoms with van der Waals surface area (Å²) in [6.07, 6.45) is 4.37. The quantitative estimate of drug-likeness (QED) is 0.765. The van der Waals surface area contributed by atoms with Gasteiger partial charge in [0.1, 0.15) is 6.61 Å². The van der Waals surface area contributed by atoms with Gasteiger partial charge >= 0.3 is 5.97 Å². The molecule has 0 unspecified atom stereocenters. The second kappa shape index (κ2) is 6.30. The van der Waals surface area contributed by atoms with Gasteiger partial charge in [0.15, 0.2) is 5.69 Å². The van der Waals surface area contributed by atoms with Crippen molar-refractivity contribution in [3.05, 3.63) is 18.1 Å². The minimum atomic E-state index is -0.544. The Morgan fingerprint density at radius 2 is 2.06 bits per heavy atom. The number of carbonyl (C=O) groups excluding carboxylic acids is 1. The zero-order chi connectivity index (χ0) is 13.6. The third-order valence-corrected chi connectivity index (χ3v) is 2.92. The molecular formula is C12H19N3O3. The average molecular weight is 253 g/mol. The molecular weight excluding hydrogens is 234 g/mol. The first-order chi connectivity index (χ1) is 8.54. The van der Waals surface area contributed by atoms with Crippen LogP contribution >= 0.6 is 0 Å². The van der Waals surface area contributed by atoms with E-state index in [0.717, 1.165) is 12.8 Å². The lowest BCUT2D eigenvalue weighted by Gasteiger charge is -2.25. The first-order valence-corrected chi connectivity index (χ1v) is 5.86. The van der Waals surface area contributed by atoms with Crippen molar-refractivity contribution in [3.8, 4) is 5.88 Å². The Bertz CT molecular complexity index is 405. The van der Waals surface area contributed by atoms with Crippen molar-refractivity contribution in [3.63, 3.8) is 0 Å². The van der Waals surface area contributed by atoms with Crippen molar-refractivity contribution < 1.29 is 14.3 Å². The average Bonchev–Trinajstić information content (AvgIpc) is 2.44. The molecule has 0 atom stereocenters. The van der Waals surface area contributed by atoms with Gasteiger partial charge in [0.2, 0.25) is 5.88 Å². The van der Waals surface area contributed by atoms with Crippen molar-refractivity contribution in [2.75, 3.05) is 13.7 Å². The first-order valence-electron chi connectivity index (χ1n) is 5.86. The van der Waals surface area contributed by atoms with Crippen LogP contribution in [0, 0.1) is 0 Å². The van der Waals surface area contributed by atoms with E-state index >= 15 is 0 Å². The molecule has 0 aromatic carbocycles. The van der Waals surface area contributed by atoms with Crippen LogP contribution in [0.5, 0.6) is 5.88 Å². The lowest BCUT2D eigenvalue weighted by atomic mass is 9.96. The Morgan fingerprint density at radius 1 is 1.39 bits per heavy atom. The topological polar surface area (TPSA) is 87.3 Å². The van der Waals surface area contributed by atoms with Gasteiger partial charge in [-0.15, -0.1) is 0 Å². The number of carbonyl (C=O) groups is 1. The molecule has 0 bridgehead atoms. The highest BCUT2D eigenvalue weighted by Crippen LogP contribution is 2.14. The molecule has 1 heterocycles. The van der Waals surface area contributed by atoms with Crippen molar-refractivity contribution in [2.45, 2.75) is 32.2 Å². The smallest absolute Gasteiger partial charge is 0.358 e. The Balaban J connectivity index is 2.71. The van der Waals surface area contributed by atoms with Crippen molar-refractivity contribution in [1.82, 2.24) is 9.97 Å². The fourth-order valence-corrected chi connectivity index (χ4v) is 1.29. The SMILES string of the molecule is CCC(N)(CC)COc1cncc(C(=O)OC)n1. The Morgan fingerprint density at radius 3 is 2.61 bits per heavy atom. The van der Waals surface area contributed by atoms with Gasteiger partial charge in [0.25, 0.3) is 0 Å². The summed E-state index contributed by atoms with van der Waals surface area (Å²) >= 11 is 0. The molecule has 0 aliphatic rings. The summed E-state index contributed by atoms with van der Waals surface area (Å²) in [7, 11) is 1.29. The molecule has 1 aromatic heterocycles. The summed E-state index contributed by atoms with van der Waals surface area (Å²) in [5.74, 6) is -0.271. The number of methoxy groups -OCH3 is 1. The Hall–Kier alpha value is -1.69. The molecule has 0 aliphatic heterocycles. The van der Waals surface area contributed by atoms with Gasteiger partial charge < -0.3 is 15.2 Å². The standard InChI is InChI=1S/C12H19N3O3/c1-4-12(13,5-2)8-18-10-7-14-6-9(15-10)11(16)17-3/h6-7H,4-5,8,13H2,1-3H3. The van der Waals surface area contributed by atoms with Crippen LogP contribution in [0.2, 0.25) is 0 Å². The fraction of sp³-hybridized carbons (Fsp3) is 0.583. The third kappa shape index (κ3) is 3.66. The van der Waals surface area contributed by atoms with Crippen LogP contribution in [0.3, 0.4) is 0 Å². The van der Waals surface area contributed by atoms with Gasteiger partial charge in [-0.2, -0.15) is 0 Å². The van der Waals surface area contributed by atoms with Crippen molar-refractivity contribution >= 4 is 5.97 Å². The van der Waals surface area contributed by atoms with E-state index in [0.29, 0.717) is 6.61 Å². The molecule has 18 heavy (non-hydrogen) atoms. The summed E-state index contributed by atoms with van der Waals surface area (Å²) < 4.78 is 10.0. The lowest BCUT2D eigenvalue weighted by molar-refractivity contribution is 0.0591. The van der Waals surface area contributed by atoms with E-state index in [1.807, 2.05) is 13.8 Å². The zero-order valence-corrected chi connectivity index (χ0v) is 11.0.